The van der Waals surface area contributed by atoms with Crippen molar-refractivity contribution in [2.24, 2.45) is 0 Å². The van der Waals surface area contributed by atoms with Gasteiger partial charge in [0.25, 0.3) is 0 Å². The molecule has 7 heteroatoms. The third-order valence-corrected chi connectivity index (χ3v) is 7.31. The first-order valence-electron chi connectivity index (χ1n) is 13.3. The smallest absolute Gasteiger partial charge is 0.308 e. The molecular weight excluding hydrogens is 490 g/mol. The molecule has 5 rings (SSSR count). The van der Waals surface area contributed by atoms with Crippen LogP contribution in [0.2, 0.25) is 0 Å². The first-order chi connectivity index (χ1) is 17.6. The average molecular weight is 526 g/mol. The van der Waals surface area contributed by atoms with Crippen LogP contribution in [0.4, 0.5) is 0 Å². The van der Waals surface area contributed by atoms with Gasteiger partial charge in [0.2, 0.25) is 12.5 Å². The van der Waals surface area contributed by atoms with E-state index in [1.165, 1.54) is 67.8 Å². The summed E-state index contributed by atoms with van der Waals surface area (Å²) in [6.07, 6.45) is 12.8. The summed E-state index contributed by atoms with van der Waals surface area (Å²) in [5, 5.41) is 2.02. The average Bonchev–Trinajstić information content (AvgIpc) is 3.33. The van der Waals surface area contributed by atoms with E-state index in [0.717, 1.165) is 48.1 Å². The van der Waals surface area contributed by atoms with Gasteiger partial charge in [0.05, 0.1) is 18.1 Å². The van der Waals surface area contributed by atoms with Crippen LogP contribution in [0.15, 0.2) is 30.5 Å². The molecular formula is C30H36ClNO5. The van der Waals surface area contributed by atoms with Crippen LogP contribution in [0.1, 0.15) is 69.9 Å². The lowest BCUT2D eigenvalue weighted by atomic mass is 9.89. The van der Waals surface area contributed by atoms with Crippen LogP contribution in [0.5, 0.6) is 23.0 Å². The second-order valence-corrected chi connectivity index (χ2v) is 9.79. The summed E-state index contributed by atoms with van der Waals surface area (Å²) in [7, 11) is 1.61. The first-order valence-corrected chi connectivity index (χ1v) is 13.3. The second-order valence-electron chi connectivity index (χ2n) is 9.79. The zero-order chi connectivity index (χ0) is 25.1. The van der Waals surface area contributed by atoms with Gasteiger partial charge in [-0.2, -0.15) is 4.57 Å². The Labute approximate surface area is 225 Å². The molecule has 0 saturated carbocycles. The number of hydrogen-bond acceptors (Lipinski definition) is 5. The highest BCUT2D eigenvalue weighted by Gasteiger charge is 2.32. The number of aryl methyl sites for hydroxylation is 3. The minimum Gasteiger partial charge on any atom is -1.00 e. The fourth-order valence-corrected chi connectivity index (χ4v) is 5.56. The van der Waals surface area contributed by atoms with Crippen LogP contribution in [-0.4, -0.2) is 19.9 Å². The van der Waals surface area contributed by atoms with Crippen molar-refractivity contribution in [1.82, 2.24) is 0 Å². The van der Waals surface area contributed by atoms with Crippen molar-refractivity contribution < 1.29 is 40.7 Å². The maximum Gasteiger partial charge on any atom is 0.308 e. The van der Waals surface area contributed by atoms with Gasteiger partial charge in [-0.15, -0.1) is 0 Å². The molecule has 0 radical (unpaired) electrons. The van der Waals surface area contributed by atoms with Gasteiger partial charge in [-0.05, 0) is 42.7 Å². The molecule has 37 heavy (non-hydrogen) atoms. The lowest BCUT2D eigenvalue weighted by molar-refractivity contribution is -0.686. The largest absolute Gasteiger partial charge is 1.00 e. The van der Waals surface area contributed by atoms with Gasteiger partial charge in [0.15, 0.2) is 35.7 Å². The van der Waals surface area contributed by atoms with E-state index >= 15 is 0 Å². The van der Waals surface area contributed by atoms with Crippen molar-refractivity contribution in [3.8, 4) is 34.3 Å². The molecule has 0 amide bonds. The number of fused-ring (bicyclic) bond motifs is 5. The number of hydrogen-bond donors (Lipinski definition) is 0. The first kappa shape index (κ1) is 27.1. The highest BCUT2D eigenvalue weighted by molar-refractivity contribution is 5.96. The van der Waals surface area contributed by atoms with E-state index in [2.05, 4.69) is 35.9 Å². The number of carbonyl (C=O) groups is 1. The molecule has 2 aliphatic rings. The molecule has 2 aliphatic heterocycles. The van der Waals surface area contributed by atoms with Crippen LogP contribution in [0.25, 0.3) is 22.0 Å². The van der Waals surface area contributed by atoms with Gasteiger partial charge in [-0.25, -0.2) is 0 Å². The summed E-state index contributed by atoms with van der Waals surface area (Å²) in [4.78, 5) is 12.0. The number of rotatable bonds is 10. The molecule has 3 heterocycles. The Morgan fingerprint density at radius 1 is 1.00 bits per heavy atom. The van der Waals surface area contributed by atoms with E-state index in [1.54, 1.807) is 7.11 Å². The molecule has 0 spiro atoms. The Hall–Kier alpha value is -2.99. The molecule has 6 nitrogen and oxygen atoms in total. The summed E-state index contributed by atoms with van der Waals surface area (Å²) in [6.45, 7) is 4.80. The van der Waals surface area contributed by atoms with E-state index in [1.807, 2.05) is 6.07 Å². The van der Waals surface area contributed by atoms with Crippen LogP contribution in [0, 0.1) is 0 Å². The Kier molecular flexibility index (Phi) is 8.80. The van der Waals surface area contributed by atoms with Crippen molar-refractivity contribution in [3.05, 3.63) is 41.6 Å². The van der Waals surface area contributed by atoms with Crippen molar-refractivity contribution in [2.75, 3.05) is 13.9 Å². The van der Waals surface area contributed by atoms with Crippen molar-refractivity contribution >= 4 is 16.7 Å². The van der Waals surface area contributed by atoms with Gasteiger partial charge in [0, 0.05) is 24.3 Å². The molecule has 0 bridgehead atoms. The summed E-state index contributed by atoms with van der Waals surface area (Å²) < 4.78 is 25.0. The third kappa shape index (κ3) is 5.49. The predicted octanol–water partition coefficient (Wildman–Crippen LogP) is 3.31. The second kappa shape index (κ2) is 12.0. The minimum atomic E-state index is -0.352. The standard InChI is InChI=1S/C30H36NO5.ClH/c1-4-5-6-7-8-9-10-11-23-22-12-13-26(33-3)30(36-20(2)32)25(22)18-31-15-14-21-16-27-28(35-19-34-27)17-24(21)29(23)31;/h12-13,16-18H,4-11,14-15,19H2,1-3H3;1H/q+1;/p-1. The van der Waals surface area contributed by atoms with Gasteiger partial charge >= 0.3 is 5.97 Å². The molecule has 1 aromatic heterocycles. The summed E-state index contributed by atoms with van der Waals surface area (Å²) in [5.74, 6) is 2.35. The van der Waals surface area contributed by atoms with E-state index in [0.29, 0.717) is 11.5 Å². The highest BCUT2D eigenvalue weighted by Crippen LogP contribution is 2.44. The Balaban J connectivity index is 0.00000320. The number of benzene rings is 2. The van der Waals surface area contributed by atoms with Crippen molar-refractivity contribution in [3.63, 3.8) is 0 Å². The monoisotopic (exact) mass is 525 g/mol. The van der Waals surface area contributed by atoms with E-state index in [9.17, 15) is 4.79 Å². The van der Waals surface area contributed by atoms with Gasteiger partial charge in [-0.3, -0.25) is 4.79 Å². The number of methoxy groups -OCH3 is 1. The van der Waals surface area contributed by atoms with Crippen LogP contribution < -0.4 is 35.9 Å². The fourth-order valence-electron chi connectivity index (χ4n) is 5.56. The van der Waals surface area contributed by atoms with E-state index in [4.69, 9.17) is 18.9 Å². The third-order valence-electron chi connectivity index (χ3n) is 7.31. The van der Waals surface area contributed by atoms with E-state index < -0.39 is 0 Å². The normalized spacial score (nSPS) is 13.1. The number of aromatic nitrogens is 1. The maximum absolute atomic E-state index is 12.0. The predicted molar refractivity (Wildman–Crippen MR) is 139 cm³/mol. The topological polar surface area (TPSA) is 57.9 Å². The molecule has 0 saturated heterocycles. The Bertz CT molecular complexity index is 1290. The molecule has 3 aromatic rings. The molecule has 0 unspecified atom stereocenters. The minimum absolute atomic E-state index is 0. The van der Waals surface area contributed by atoms with Crippen molar-refractivity contribution in [1.29, 1.82) is 0 Å². The molecule has 2 aromatic carbocycles. The number of unbranched alkanes of at least 4 members (excludes halogenated alkanes) is 6. The Morgan fingerprint density at radius 3 is 2.46 bits per heavy atom. The fraction of sp³-hybridized carbons (Fsp3) is 0.467. The molecule has 198 valence electrons. The number of esters is 1. The number of carbonyl (C=O) groups excluding carboxylic acids is 1. The zero-order valence-corrected chi connectivity index (χ0v) is 22.8. The quantitative estimate of drug-likeness (QED) is 0.176. The summed E-state index contributed by atoms with van der Waals surface area (Å²) >= 11 is 0. The summed E-state index contributed by atoms with van der Waals surface area (Å²) in [6, 6.07) is 8.30. The van der Waals surface area contributed by atoms with Crippen LogP contribution in [0.3, 0.4) is 0 Å². The molecule has 0 N–H and O–H groups in total. The number of ether oxygens (including phenoxy) is 4. The number of halogens is 1. The van der Waals surface area contributed by atoms with Crippen molar-refractivity contribution in [2.45, 2.75) is 78.2 Å². The molecule has 0 aliphatic carbocycles. The summed E-state index contributed by atoms with van der Waals surface area (Å²) in [5.41, 5.74) is 5.01. The lowest BCUT2D eigenvalue weighted by Gasteiger charge is -2.21. The number of nitrogens with zero attached hydrogens (tertiary/aromatic N) is 1. The zero-order valence-electron chi connectivity index (χ0n) is 22.0. The van der Waals surface area contributed by atoms with Crippen LogP contribution >= 0.6 is 0 Å². The maximum atomic E-state index is 12.0. The SMILES string of the molecule is CCCCCCCCCc1c2[n+](cc3c(OC(C)=O)c(OC)ccc13)CCc1cc3c(cc1-2)OCO3.[Cl-]. The van der Waals surface area contributed by atoms with E-state index in [-0.39, 0.29) is 25.2 Å². The van der Waals surface area contributed by atoms with Gasteiger partial charge in [-0.1, -0.05) is 45.4 Å². The number of pyridine rings is 1. The van der Waals surface area contributed by atoms with Gasteiger partial charge in [0.1, 0.15) is 0 Å². The van der Waals surface area contributed by atoms with Gasteiger partial charge < -0.3 is 31.4 Å². The lowest BCUT2D eigenvalue weighted by Crippen LogP contribution is -3.00. The molecule has 0 fully saturated rings. The highest BCUT2D eigenvalue weighted by atomic mass is 35.5. The van der Waals surface area contributed by atoms with Crippen LogP contribution in [-0.2, 0) is 24.2 Å². The molecule has 0 atom stereocenters. The Morgan fingerprint density at radius 2 is 1.73 bits per heavy atom.